The Morgan fingerprint density at radius 3 is 2.17 bits per heavy atom. The molecular weight excluding hydrogens is 604 g/mol. The zero-order chi connectivity index (χ0) is 31.2. The molecule has 0 saturated heterocycles. The van der Waals surface area contributed by atoms with Crippen molar-refractivity contribution in [2.24, 2.45) is 0 Å². The van der Waals surface area contributed by atoms with E-state index in [0.717, 1.165) is 28.6 Å². The lowest BCUT2D eigenvalue weighted by atomic mass is 10.1. The summed E-state index contributed by atoms with van der Waals surface area (Å²) in [6.45, 7) is 8.45. The molecule has 1 N–H and O–H groups in total. The van der Waals surface area contributed by atoms with E-state index in [9.17, 15) is 22.4 Å². The predicted molar refractivity (Wildman–Crippen MR) is 163 cm³/mol. The van der Waals surface area contributed by atoms with Crippen molar-refractivity contribution in [2.45, 2.75) is 57.6 Å². The summed E-state index contributed by atoms with van der Waals surface area (Å²) < 4.78 is 47.7. The Kier molecular flexibility index (Phi) is 10.9. The van der Waals surface area contributed by atoms with Crippen LogP contribution in [0.3, 0.4) is 0 Å². The van der Waals surface area contributed by atoms with Gasteiger partial charge in [-0.2, -0.15) is 0 Å². The second kappa shape index (κ2) is 13.8. The minimum absolute atomic E-state index is 0.0960. The van der Waals surface area contributed by atoms with Gasteiger partial charge in [0, 0.05) is 22.1 Å². The van der Waals surface area contributed by atoms with Gasteiger partial charge in [0.15, 0.2) is 0 Å². The van der Waals surface area contributed by atoms with Crippen LogP contribution in [0.2, 0.25) is 10.0 Å². The topological polar surface area (TPSA) is 96.0 Å². The predicted octanol–water partition coefficient (Wildman–Crippen LogP) is 6.06. The van der Waals surface area contributed by atoms with E-state index < -0.39 is 45.8 Å². The molecule has 2 amide bonds. The van der Waals surface area contributed by atoms with E-state index in [2.05, 4.69) is 5.32 Å². The molecule has 8 nitrogen and oxygen atoms in total. The van der Waals surface area contributed by atoms with Crippen LogP contribution in [-0.4, -0.2) is 49.9 Å². The number of halogens is 3. The largest absolute Gasteiger partial charge is 0.494 e. The van der Waals surface area contributed by atoms with Crippen LogP contribution in [0.15, 0.2) is 71.6 Å². The molecule has 0 unspecified atom stereocenters. The monoisotopic (exact) mass is 637 g/mol. The van der Waals surface area contributed by atoms with Crippen molar-refractivity contribution in [3.63, 3.8) is 0 Å². The van der Waals surface area contributed by atoms with Crippen molar-refractivity contribution in [3.8, 4) is 5.75 Å². The van der Waals surface area contributed by atoms with E-state index in [4.69, 9.17) is 27.9 Å². The molecule has 0 bridgehead atoms. The first-order chi connectivity index (χ1) is 19.6. The van der Waals surface area contributed by atoms with Crippen molar-refractivity contribution in [2.75, 3.05) is 17.5 Å². The summed E-state index contributed by atoms with van der Waals surface area (Å²) in [5.41, 5.74) is 0.101. The molecule has 0 fully saturated rings. The standard InChI is InChI=1S/C30H34Cl2FN3O5S/c1-6-41-25-13-11-24(12-14-25)36(42(39,40)26-15-9-23(33)10-16-26)19-28(37)35(20(2)29(38)34-30(3,4)5)18-21-7-8-22(31)17-27(21)32/h7-17,20H,6,18-19H2,1-5H3,(H,34,38)/t20-/m1/s1. The SMILES string of the molecule is CCOc1ccc(N(CC(=O)N(Cc2ccc(Cl)cc2Cl)[C@H](C)C(=O)NC(C)(C)C)S(=O)(=O)c2ccc(F)cc2)cc1. The molecule has 42 heavy (non-hydrogen) atoms. The van der Waals surface area contributed by atoms with Gasteiger partial charge in [-0.15, -0.1) is 0 Å². The molecule has 0 heterocycles. The van der Waals surface area contributed by atoms with Crippen LogP contribution in [0, 0.1) is 5.82 Å². The highest BCUT2D eigenvalue weighted by Crippen LogP contribution is 2.28. The third-order valence-corrected chi connectivity index (χ3v) is 8.51. The zero-order valence-electron chi connectivity index (χ0n) is 24.0. The second-order valence-electron chi connectivity index (χ2n) is 10.6. The van der Waals surface area contributed by atoms with Crippen molar-refractivity contribution >= 4 is 50.7 Å². The average Bonchev–Trinajstić information content (AvgIpc) is 2.91. The van der Waals surface area contributed by atoms with Crippen LogP contribution in [0.4, 0.5) is 10.1 Å². The molecule has 0 spiro atoms. The van der Waals surface area contributed by atoms with E-state index in [1.165, 1.54) is 23.1 Å². The van der Waals surface area contributed by atoms with E-state index in [1.54, 1.807) is 31.2 Å². The van der Waals surface area contributed by atoms with E-state index in [0.29, 0.717) is 22.9 Å². The van der Waals surface area contributed by atoms with Gasteiger partial charge in [0.05, 0.1) is 17.2 Å². The fourth-order valence-electron chi connectivity index (χ4n) is 4.03. The van der Waals surface area contributed by atoms with Crippen molar-refractivity contribution < 1.29 is 27.1 Å². The van der Waals surface area contributed by atoms with Crippen LogP contribution >= 0.6 is 23.2 Å². The van der Waals surface area contributed by atoms with Gasteiger partial charge in [-0.1, -0.05) is 29.3 Å². The Morgan fingerprint density at radius 2 is 1.62 bits per heavy atom. The Labute approximate surface area is 256 Å². The number of nitrogens with zero attached hydrogens (tertiary/aromatic N) is 2. The maximum Gasteiger partial charge on any atom is 0.264 e. The summed E-state index contributed by atoms with van der Waals surface area (Å²) >= 11 is 12.5. The Hall–Kier alpha value is -3.34. The fourth-order valence-corrected chi connectivity index (χ4v) is 5.91. The van der Waals surface area contributed by atoms with Crippen LogP contribution in [-0.2, 0) is 26.2 Å². The molecule has 226 valence electrons. The molecule has 3 aromatic carbocycles. The lowest BCUT2D eigenvalue weighted by Gasteiger charge is -2.33. The third-order valence-electron chi connectivity index (χ3n) is 6.14. The first-order valence-electron chi connectivity index (χ1n) is 13.2. The number of amides is 2. The highest BCUT2D eigenvalue weighted by Gasteiger charge is 2.33. The molecule has 0 aliphatic heterocycles. The smallest absolute Gasteiger partial charge is 0.264 e. The molecule has 0 aliphatic rings. The highest BCUT2D eigenvalue weighted by molar-refractivity contribution is 7.92. The molecule has 0 aliphatic carbocycles. The van der Waals surface area contributed by atoms with Crippen molar-refractivity contribution in [3.05, 3.63) is 88.2 Å². The van der Waals surface area contributed by atoms with Crippen LogP contribution < -0.4 is 14.4 Å². The first-order valence-corrected chi connectivity index (χ1v) is 15.4. The maximum absolute atomic E-state index is 14.0. The number of hydrogen-bond donors (Lipinski definition) is 1. The maximum atomic E-state index is 14.0. The molecule has 0 radical (unpaired) electrons. The van der Waals surface area contributed by atoms with Gasteiger partial charge in [-0.25, -0.2) is 12.8 Å². The van der Waals surface area contributed by atoms with Crippen LogP contribution in [0.1, 0.15) is 40.2 Å². The molecule has 0 saturated carbocycles. The number of benzene rings is 3. The van der Waals surface area contributed by atoms with Gasteiger partial charge in [-0.3, -0.25) is 13.9 Å². The van der Waals surface area contributed by atoms with E-state index in [-0.39, 0.29) is 22.2 Å². The lowest BCUT2D eigenvalue weighted by molar-refractivity contribution is -0.140. The molecule has 1 atom stereocenters. The number of nitrogens with one attached hydrogen (secondary N) is 1. The zero-order valence-corrected chi connectivity index (χ0v) is 26.4. The molecule has 3 rings (SSSR count). The molecule has 12 heteroatoms. The average molecular weight is 639 g/mol. The normalized spacial score (nSPS) is 12.4. The Morgan fingerprint density at radius 1 is 1.00 bits per heavy atom. The Balaban J connectivity index is 2.06. The van der Waals surface area contributed by atoms with Gasteiger partial charge in [0.1, 0.15) is 24.2 Å². The van der Waals surface area contributed by atoms with Gasteiger partial charge < -0.3 is 15.0 Å². The molecule has 3 aromatic rings. The number of ether oxygens (including phenoxy) is 1. The number of hydrogen-bond acceptors (Lipinski definition) is 5. The second-order valence-corrected chi connectivity index (χ2v) is 13.3. The van der Waals surface area contributed by atoms with E-state index >= 15 is 0 Å². The number of carbonyl (C=O) groups excluding carboxylic acids is 2. The summed E-state index contributed by atoms with van der Waals surface area (Å²) in [6.07, 6.45) is 0. The van der Waals surface area contributed by atoms with Gasteiger partial charge in [0.2, 0.25) is 11.8 Å². The Bertz CT molecular complexity index is 1510. The minimum Gasteiger partial charge on any atom is -0.494 e. The molecule has 0 aromatic heterocycles. The van der Waals surface area contributed by atoms with Crippen LogP contribution in [0.25, 0.3) is 0 Å². The number of rotatable bonds is 11. The van der Waals surface area contributed by atoms with Crippen LogP contribution in [0.5, 0.6) is 5.75 Å². The highest BCUT2D eigenvalue weighted by atomic mass is 35.5. The summed E-state index contributed by atoms with van der Waals surface area (Å²) in [4.78, 5) is 28.3. The first kappa shape index (κ1) is 33.2. The van der Waals surface area contributed by atoms with E-state index in [1.807, 2.05) is 27.7 Å². The van der Waals surface area contributed by atoms with Crippen molar-refractivity contribution in [1.82, 2.24) is 10.2 Å². The summed E-state index contributed by atoms with van der Waals surface area (Å²) in [6, 6.07) is 14.3. The number of carbonyl (C=O) groups is 2. The summed E-state index contributed by atoms with van der Waals surface area (Å²) in [5, 5.41) is 3.54. The fraction of sp³-hybridized carbons (Fsp3) is 0.333. The third kappa shape index (κ3) is 8.59. The lowest BCUT2D eigenvalue weighted by Crippen LogP contribution is -2.54. The van der Waals surface area contributed by atoms with Gasteiger partial charge in [0.25, 0.3) is 10.0 Å². The van der Waals surface area contributed by atoms with Gasteiger partial charge >= 0.3 is 0 Å². The van der Waals surface area contributed by atoms with Gasteiger partial charge in [-0.05, 0) is 101 Å². The minimum atomic E-state index is -4.35. The summed E-state index contributed by atoms with van der Waals surface area (Å²) in [5.74, 6) is -1.20. The molecular formula is C30H34Cl2FN3O5S. The number of sulfonamides is 1. The quantitative estimate of drug-likeness (QED) is 0.276. The van der Waals surface area contributed by atoms with Crippen molar-refractivity contribution in [1.29, 1.82) is 0 Å². The summed E-state index contributed by atoms with van der Waals surface area (Å²) in [7, 11) is -4.35. The number of anilines is 1.